The molecule has 0 fully saturated rings. The van der Waals surface area contributed by atoms with E-state index in [4.69, 9.17) is 9.84 Å². The lowest BCUT2D eigenvalue weighted by Gasteiger charge is -2.20. The molecule has 0 saturated heterocycles. The molecule has 1 rings (SSSR count). The third kappa shape index (κ3) is 5.83. The molecule has 3 N–H and O–H groups in total. The molecule has 0 aliphatic heterocycles. The molecule has 0 aliphatic rings. The highest BCUT2D eigenvalue weighted by Crippen LogP contribution is 2.24. The standard InChI is InChI=1S/C15H21NO5/c1-9-5-6-10(12(17)8-13(18)19)7-11(9)16-14(20)21-15(2,3)4/h5-7,12,17H,8H2,1-4H3,(H,16,20)(H,18,19)/t12-/m1/s1. The number of anilines is 1. The van der Waals surface area contributed by atoms with Gasteiger partial charge in [-0.1, -0.05) is 12.1 Å². The third-order valence-corrected chi connectivity index (χ3v) is 2.65. The Morgan fingerprint density at radius 2 is 1.95 bits per heavy atom. The molecule has 1 aromatic carbocycles. The molecule has 0 aromatic heterocycles. The third-order valence-electron chi connectivity index (χ3n) is 2.65. The molecular weight excluding hydrogens is 274 g/mol. The van der Waals surface area contributed by atoms with Crippen LogP contribution in [-0.4, -0.2) is 27.9 Å². The number of aliphatic hydroxyl groups excluding tert-OH is 1. The largest absolute Gasteiger partial charge is 0.481 e. The lowest BCUT2D eigenvalue weighted by atomic mass is 10.0. The van der Waals surface area contributed by atoms with E-state index < -0.39 is 30.2 Å². The summed E-state index contributed by atoms with van der Waals surface area (Å²) in [5.41, 5.74) is 1.07. The van der Waals surface area contributed by atoms with Gasteiger partial charge in [0.15, 0.2) is 0 Å². The van der Waals surface area contributed by atoms with Crippen molar-refractivity contribution in [3.63, 3.8) is 0 Å². The molecule has 0 saturated carbocycles. The molecule has 1 aromatic rings. The maximum Gasteiger partial charge on any atom is 0.412 e. The fraction of sp³-hybridized carbons (Fsp3) is 0.467. The number of hydrogen-bond acceptors (Lipinski definition) is 4. The Bertz CT molecular complexity index is 533. The molecule has 1 amide bonds. The summed E-state index contributed by atoms with van der Waals surface area (Å²) >= 11 is 0. The number of aryl methyl sites for hydroxylation is 1. The Labute approximate surface area is 123 Å². The van der Waals surface area contributed by atoms with E-state index in [1.165, 1.54) is 0 Å². The zero-order valence-electron chi connectivity index (χ0n) is 12.6. The van der Waals surface area contributed by atoms with E-state index in [1.807, 2.05) is 0 Å². The summed E-state index contributed by atoms with van der Waals surface area (Å²) in [6, 6.07) is 4.88. The van der Waals surface area contributed by atoms with E-state index in [9.17, 15) is 14.7 Å². The summed E-state index contributed by atoms with van der Waals surface area (Å²) in [4.78, 5) is 22.4. The van der Waals surface area contributed by atoms with Crippen molar-refractivity contribution in [2.45, 2.75) is 45.8 Å². The highest BCUT2D eigenvalue weighted by Gasteiger charge is 2.18. The first-order valence-electron chi connectivity index (χ1n) is 6.59. The highest BCUT2D eigenvalue weighted by atomic mass is 16.6. The van der Waals surface area contributed by atoms with Gasteiger partial charge in [-0.3, -0.25) is 10.1 Å². The molecular formula is C15H21NO5. The lowest BCUT2D eigenvalue weighted by molar-refractivity contribution is -0.139. The number of hydrogen-bond donors (Lipinski definition) is 3. The van der Waals surface area contributed by atoms with E-state index >= 15 is 0 Å². The summed E-state index contributed by atoms with van der Waals surface area (Å²) in [6.07, 6.45) is -2.12. The van der Waals surface area contributed by atoms with Crippen molar-refractivity contribution in [1.29, 1.82) is 0 Å². The van der Waals surface area contributed by atoms with Gasteiger partial charge >= 0.3 is 12.1 Å². The number of carbonyl (C=O) groups is 2. The molecule has 0 heterocycles. The number of amides is 1. The second-order valence-electron chi connectivity index (χ2n) is 5.81. The number of benzene rings is 1. The molecule has 6 nitrogen and oxygen atoms in total. The number of aliphatic hydroxyl groups is 1. The minimum atomic E-state index is -1.12. The van der Waals surface area contributed by atoms with Crippen molar-refractivity contribution >= 4 is 17.7 Å². The normalized spacial score (nSPS) is 12.6. The van der Waals surface area contributed by atoms with E-state index in [0.29, 0.717) is 11.3 Å². The average molecular weight is 295 g/mol. The zero-order valence-corrected chi connectivity index (χ0v) is 12.6. The van der Waals surface area contributed by atoms with Crippen molar-refractivity contribution < 1.29 is 24.5 Å². The predicted octanol–water partition coefficient (Wildman–Crippen LogP) is 2.85. The average Bonchev–Trinajstić information content (AvgIpc) is 2.28. The van der Waals surface area contributed by atoms with E-state index in [-0.39, 0.29) is 0 Å². The maximum atomic E-state index is 11.7. The minimum absolute atomic E-state index is 0.394. The monoisotopic (exact) mass is 295 g/mol. The van der Waals surface area contributed by atoms with Gasteiger partial charge in [0.05, 0.1) is 12.5 Å². The highest BCUT2D eigenvalue weighted by molar-refractivity contribution is 5.86. The number of rotatable bonds is 4. The summed E-state index contributed by atoms with van der Waals surface area (Å²) < 4.78 is 5.15. The van der Waals surface area contributed by atoms with Crippen LogP contribution in [0.25, 0.3) is 0 Å². The van der Waals surface area contributed by atoms with E-state index in [2.05, 4.69) is 5.32 Å². The Morgan fingerprint density at radius 3 is 2.48 bits per heavy atom. The molecule has 21 heavy (non-hydrogen) atoms. The number of carboxylic acids is 1. The molecule has 0 bridgehead atoms. The van der Waals surface area contributed by atoms with Crippen LogP contribution in [0.1, 0.15) is 44.4 Å². The Kier molecular flexibility index (Phi) is 5.32. The Balaban J connectivity index is 2.87. The summed E-state index contributed by atoms with van der Waals surface area (Å²) in [5, 5.41) is 21.1. The van der Waals surface area contributed by atoms with Crippen LogP contribution in [0.4, 0.5) is 10.5 Å². The van der Waals surface area contributed by atoms with Crippen LogP contribution in [0, 0.1) is 6.92 Å². The topological polar surface area (TPSA) is 95.9 Å². The van der Waals surface area contributed by atoms with Crippen molar-refractivity contribution in [3.05, 3.63) is 29.3 Å². The van der Waals surface area contributed by atoms with Crippen LogP contribution < -0.4 is 5.32 Å². The molecule has 0 unspecified atom stereocenters. The number of carbonyl (C=O) groups excluding carboxylic acids is 1. The minimum Gasteiger partial charge on any atom is -0.481 e. The van der Waals surface area contributed by atoms with Gasteiger partial charge in [-0.2, -0.15) is 0 Å². The van der Waals surface area contributed by atoms with Crippen molar-refractivity contribution in [2.75, 3.05) is 5.32 Å². The number of aliphatic carboxylic acids is 1. The van der Waals surface area contributed by atoms with Crippen LogP contribution in [0.3, 0.4) is 0 Å². The molecule has 0 spiro atoms. The second kappa shape index (κ2) is 6.58. The Hall–Kier alpha value is -2.08. The first-order valence-corrected chi connectivity index (χ1v) is 6.59. The molecule has 1 atom stereocenters. The smallest absolute Gasteiger partial charge is 0.412 e. The summed E-state index contributed by atoms with van der Waals surface area (Å²) in [6.45, 7) is 7.06. The summed E-state index contributed by atoms with van der Waals surface area (Å²) in [5.74, 6) is -1.09. The first-order chi connectivity index (χ1) is 9.58. The second-order valence-corrected chi connectivity index (χ2v) is 5.81. The molecule has 0 aliphatic carbocycles. The first kappa shape index (κ1) is 17.0. The van der Waals surface area contributed by atoms with Gasteiger partial charge in [-0.05, 0) is 44.9 Å². The van der Waals surface area contributed by atoms with Gasteiger partial charge in [0.2, 0.25) is 0 Å². The molecule has 6 heteroatoms. The molecule has 116 valence electrons. The van der Waals surface area contributed by atoms with Gasteiger partial charge in [0.25, 0.3) is 0 Å². The van der Waals surface area contributed by atoms with Crippen LogP contribution in [-0.2, 0) is 9.53 Å². The van der Waals surface area contributed by atoms with Gasteiger partial charge in [0, 0.05) is 5.69 Å². The number of nitrogens with one attached hydrogen (secondary N) is 1. The van der Waals surface area contributed by atoms with Crippen LogP contribution in [0.15, 0.2) is 18.2 Å². The van der Waals surface area contributed by atoms with Crippen molar-refractivity contribution in [2.24, 2.45) is 0 Å². The zero-order chi connectivity index (χ0) is 16.2. The maximum absolute atomic E-state index is 11.7. The fourth-order valence-electron chi connectivity index (χ4n) is 1.68. The SMILES string of the molecule is Cc1ccc([C@H](O)CC(=O)O)cc1NC(=O)OC(C)(C)C. The molecule has 0 radical (unpaired) electrons. The van der Waals surface area contributed by atoms with Crippen LogP contribution >= 0.6 is 0 Å². The van der Waals surface area contributed by atoms with Gasteiger partial charge < -0.3 is 14.9 Å². The predicted molar refractivity (Wildman–Crippen MR) is 78.2 cm³/mol. The summed E-state index contributed by atoms with van der Waals surface area (Å²) in [7, 11) is 0. The van der Waals surface area contributed by atoms with E-state index in [0.717, 1.165) is 5.56 Å². The van der Waals surface area contributed by atoms with Crippen molar-refractivity contribution in [1.82, 2.24) is 0 Å². The van der Waals surface area contributed by atoms with Crippen LogP contribution in [0.2, 0.25) is 0 Å². The van der Waals surface area contributed by atoms with Gasteiger partial charge in [-0.15, -0.1) is 0 Å². The lowest BCUT2D eigenvalue weighted by Crippen LogP contribution is -2.27. The van der Waals surface area contributed by atoms with Crippen LogP contribution in [0.5, 0.6) is 0 Å². The van der Waals surface area contributed by atoms with Gasteiger partial charge in [-0.25, -0.2) is 4.79 Å². The Morgan fingerprint density at radius 1 is 1.33 bits per heavy atom. The van der Waals surface area contributed by atoms with E-state index in [1.54, 1.807) is 45.9 Å². The fourth-order valence-corrected chi connectivity index (χ4v) is 1.68. The van der Waals surface area contributed by atoms with Gasteiger partial charge in [0.1, 0.15) is 5.60 Å². The number of ether oxygens (including phenoxy) is 1. The number of carboxylic acid groups (broad SMARTS) is 1. The van der Waals surface area contributed by atoms with Crippen molar-refractivity contribution in [3.8, 4) is 0 Å². The quantitative estimate of drug-likeness (QED) is 0.793.